The minimum absolute atomic E-state index is 0.144. The van der Waals surface area contributed by atoms with E-state index in [0.717, 1.165) is 12.8 Å². The van der Waals surface area contributed by atoms with Gasteiger partial charge in [0.2, 0.25) is 0 Å². The Labute approximate surface area is 181 Å². The Balaban J connectivity index is 0.00000103. The summed E-state index contributed by atoms with van der Waals surface area (Å²) in [4.78, 5) is 23.0. The molecule has 1 aliphatic carbocycles. The van der Waals surface area contributed by atoms with Crippen LogP contribution in [-0.4, -0.2) is 81.5 Å². The third-order valence-corrected chi connectivity index (χ3v) is 7.66. The van der Waals surface area contributed by atoms with Crippen molar-refractivity contribution in [2.75, 3.05) is 39.6 Å². The molecule has 176 valence electrons. The quantitative estimate of drug-likeness (QED) is 0.235. The second-order valence-electron chi connectivity index (χ2n) is 6.82. The topological polar surface area (TPSA) is 115 Å². The maximum atomic E-state index is 11.0. The highest BCUT2D eigenvalue weighted by atomic mass is 28.4. The lowest BCUT2D eigenvalue weighted by Gasteiger charge is -2.39. The van der Waals surface area contributed by atoms with Gasteiger partial charge in [-0.1, -0.05) is 19.3 Å². The van der Waals surface area contributed by atoms with Gasteiger partial charge in [-0.3, -0.25) is 9.69 Å². The largest absolute Gasteiger partial charge is 0.515 e. The summed E-state index contributed by atoms with van der Waals surface area (Å²) in [7, 11) is -1.52. The van der Waals surface area contributed by atoms with Crippen LogP contribution < -0.4 is 0 Å². The minimum Gasteiger partial charge on any atom is -0.490 e. The zero-order valence-electron chi connectivity index (χ0n) is 18.9. The molecule has 0 amide bonds. The summed E-state index contributed by atoms with van der Waals surface area (Å²) in [5.41, 5.74) is 0. The van der Waals surface area contributed by atoms with Crippen LogP contribution in [-0.2, 0) is 27.6 Å². The second kappa shape index (κ2) is 16.3. The smallest absolute Gasteiger partial charge is 0.490 e. The number of methoxy groups -OCH3 is 1. The number of hydrogen-bond donors (Lipinski definition) is 2. The normalized spacial score (nSPS) is 14.7. The first-order valence-electron chi connectivity index (χ1n) is 10.6. The van der Waals surface area contributed by atoms with Crippen LogP contribution in [0.1, 0.15) is 59.3 Å². The summed E-state index contributed by atoms with van der Waals surface area (Å²) in [6, 6.07) is 0.413. The van der Waals surface area contributed by atoms with Crippen molar-refractivity contribution in [1.29, 1.82) is 0 Å². The molecule has 10 heteroatoms. The van der Waals surface area contributed by atoms with E-state index in [1.807, 2.05) is 20.8 Å². The molecule has 0 aromatic rings. The van der Waals surface area contributed by atoms with Crippen LogP contribution in [0, 0.1) is 0 Å². The zero-order valence-corrected chi connectivity index (χ0v) is 19.9. The Morgan fingerprint density at radius 2 is 1.50 bits per heavy atom. The van der Waals surface area contributed by atoms with Gasteiger partial charge in [0.1, 0.15) is 0 Å². The SMILES string of the molecule is C=C(OC)C(=O)O.CCO[Si](CN(CCC(=O)O)C1CCCCC1)(OCC)OCC. The van der Waals surface area contributed by atoms with Crippen molar-refractivity contribution in [2.45, 2.75) is 65.3 Å². The maximum absolute atomic E-state index is 11.0. The van der Waals surface area contributed by atoms with E-state index >= 15 is 0 Å². The summed E-state index contributed by atoms with van der Waals surface area (Å²) in [6.45, 7) is 11.1. The number of aliphatic carboxylic acids is 2. The fourth-order valence-electron chi connectivity index (χ4n) is 3.33. The molecule has 0 aromatic carbocycles. The van der Waals surface area contributed by atoms with E-state index in [9.17, 15) is 9.59 Å². The molecule has 0 radical (unpaired) electrons. The van der Waals surface area contributed by atoms with Gasteiger partial charge in [0, 0.05) is 32.4 Å². The molecule has 1 saturated carbocycles. The lowest BCUT2D eigenvalue weighted by Crippen LogP contribution is -2.58. The van der Waals surface area contributed by atoms with Gasteiger partial charge in [0.05, 0.1) is 19.7 Å². The standard InChI is InChI=1S/C16H33NO5Si.C4H6O3/c1-4-20-23(21-5-2,22-6-3)14-17(13-12-16(18)19)15-10-8-7-9-11-15;1-3(7-2)4(5)6/h15H,4-14H2,1-3H3,(H,18,19);1H2,2H3,(H,5,6). The van der Waals surface area contributed by atoms with Crippen LogP contribution in [0.25, 0.3) is 0 Å². The number of ether oxygens (including phenoxy) is 1. The van der Waals surface area contributed by atoms with E-state index in [1.165, 1.54) is 26.4 Å². The third-order valence-electron chi connectivity index (χ3n) is 4.68. The summed E-state index contributed by atoms with van der Waals surface area (Å²) >= 11 is 0. The highest BCUT2D eigenvalue weighted by Crippen LogP contribution is 2.25. The van der Waals surface area contributed by atoms with Gasteiger partial charge in [0.25, 0.3) is 0 Å². The van der Waals surface area contributed by atoms with Gasteiger partial charge >= 0.3 is 20.7 Å². The van der Waals surface area contributed by atoms with Crippen LogP contribution in [0.4, 0.5) is 0 Å². The molecule has 0 aromatic heterocycles. The molecule has 1 fully saturated rings. The molecule has 9 nitrogen and oxygen atoms in total. The fourth-order valence-corrected chi connectivity index (χ4v) is 6.09. The monoisotopic (exact) mass is 449 g/mol. The lowest BCUT2D eigenvalue weighted by atomic mass is 9.94. The van der Waals surface area contributed by atoms with Gasteiger partial charge in [-0.2, -0.15) is 0 Å². The first-order chi connectivity index (χ1) is 14.2. The molecule has 0 heterocycles. The van der Waals surface area contributed by atoms with Gasteiger partial charge in [0.15, 0.2) is 5.76 Å². The number of carboxylic acid groups (broad SMARTS) is 2. The molecule has 1 rings (SSSR count). The number of hydrogen-bond acceptors (Lipinski definition) is 7. The number of carboxylic acids is 2. The summed E-state index contributed by atoms with van der Waals surface area (Å²) < 4.78 is 22.0. The fraction of sp³-hybridized carbons (Fsp3) is 0.800. The number of rotatable bonds is 14. The highest BCUT2D eigenvalue weighted by molar-refractivity contribution is 6.60. The average Bonchev–Trinajstić information content (AvgIpc) is 2.72. The lowest BCUT2D eigenvalue weighted by molar-refractivity contribution is -0.138. The Morgan fingerprint density at radius 1 is 1.00 bits per heavy atom. The van der Waals surface area contributed by atoms with Gasteiger partial charge in [-0.25, -0.2) is 4.79 Å². The van der Waals surface area contributed by atoms with E-state index in [2.05, 4.69) is 16.2 Å². The van der Waals surface area contributed by atoms with Crippen molar-refractivity contribution in [2.24, 2.45) is 0 Å². The number of carbonyl (C=O) groups is 2. The second-order valence-corrected chi connectivity index (χ2v) is 9.37. The molecule has 0 aliphatic heterocycles. The first-order valence-corrected chi connectivity index (χ1v) is 12.5. The molecule has 1 aliphatic rings. The van der Waals surface area contributed by atoms with Crippen LogP contribution >= 0.6 is 0 Å². The third kappa shape index (κ3) is 11.7. The summed E-state index contributed by atoms with van der Waals surface area (Å²) in [6.07, 6.45) is 6.66. The molecule has 30 heavy (non-hydrogen) atoms. The molecular weight excluding hydrogens is 410 g/mol. The van der Waals surface area contributed by atoms with E-state index in [-0.39, 0.29) is 12.2 Å². The predicted molar refractivity (Wildman–Crippen MR) is 115 cm³/mol. The Bertz CT molecular complexity index is 494. The Hall–Kier alpha value is -1.46. The summed E-state index contributed by atoms with van der Waals surface area (Å²) in [5, 5.41) is 17.0. The summed E-state index contributed by atoms with van der Waals surface area (Å²) in [5.74, 6) is -2.12. The zero-order chi connectivity index (χ0) is 23.0. The molecule has 0 unspecified atom stereocenters. The van der Waals surface area contributed by atoms with Crippen molar-refractivity contribution < 1.29 is 37.8 Å². The Morgan fingerprint density at radius 3 is 1.83 bits per heavy atom. The van der Waals surface area contributed by atoms with Crippen LogP contribution in [0.3, 0.4) is 0 Å². The van der Waals surface area contributed by atoms with Gasteiger partial charge in [-0.05, 0) is 40.2 Å². The van der Waals surface area contributed by atoms with Gasteiger partial charge in [-0.15, -0.1) is 0 Å². The molecule has 0 saturated heterocycles. The first kappa shape index (κ1) is 28.5. The Kier molecular flexibility index (Phi) is 15.5. The number of nitrogens with zero attached hydrogens (tertiary/aromatic N) is 1. The molecule has 0 atom stereocenters. The molecular formula is C20H39NO8Si. The molecule has 0 bridgehead atoms. The van der Waals surface area contributed by atoms with Crippen molar-refractivity contribution >= 4 is 20.7 Å². The van der Waals surface area contributed by atoms with Crippen molar-refractivity contribution in [3.8, 4) is 0 Å². The predicted octanol–water partition coefficient (Wildman–Crippen LogP) is 2.91. The van der Waals surface area contributed by atoms with E-state index in [4.69, 9.17) is 23.5 Å². The minimum atomic E-state index is -2.78. The van der Waals surface area contributed by atoms with Crippen molar-refractivity contribution in [3.63, 3.8) is 0 Å². The van der Waals surface area contributed by atoms with E-state index < -0.39 is 20.7 Å². The molecule has 2 N–H and O–H groups in total. The van der Waals surface area contributed by atoms with Crippen LogP contribution in [0.15, 0.2) is 12.3 Å². The van der Waals surface area contributed by atoms with Crippen LogP contribution in [0.5, 0.6) is 0 Å². The average molecular weight is 450 g/mol. The van der Waals surface area contributed by atoms with Gasteiger partial charge < -0.3 is 28.2 Å². The van der Waals surface area contributed by atoms with Crippen molar-refractivity contribution in [3.05, 3.63) is 12.3 Å². The highest BCUT2D eigenvalue weighted by Gasteiger charge is 2.44. The molecule has 0 spiro atoms. The van der Waals surface area contributed by atoms with Crippen molar-refractivity contribution in [1.82, 2.24) is 4.90 Å². The van der Waals surface area contributed by atoms with Crippen LogP contribution in [0.2, 0.25) is 0 Å². The van der Waals surface area contributed by atoms with E-state index in [0.29, 0.717) is 38.6 Å². The maximum Gasteiger partial charge on any atom is 0.515 e. The van der Waals surface area contributed by atoms with E-state index in [1.54, 1.807) is 0 Å².